The number of rotatable bonds is 3. The van der Waals surface area contributed by atoms with E-state index in [4.69, 9.17) is 10.5 Å². The average Bonchev–Trinajstić information content (AvgIpc) is 2.78. The fraction of sp³-hybridized carbons (Fsp3) is 0.100. The Labute approximate surface area is 91.5 Å². The molecule has 0 unspecified atom stereocenters. The standard InChI is InChI=1S/C10H10N4O2/c1-16-8-3-2-4-12-9(8)6-5-7(10(11)15)14-13-6/h2-5H,1H3,(H2,11,15)(H,13,14). The zero-order valence-corrected chi connectivity index (χ0v) is 8.60. The summed E-state index contributed by atoms with van der Waals surface area (Å²) in [7, 11) is 1.54. The van der Waals surface area contributed by atoms with Crippen molar-refractivity contribution in [2.24, 2.45) is 5.73 Å². The van der Waals surface area contributed by atoms with Crippen molar-refractivity contribution in [1.29, 1.82) is 0 Å². The van der Waals surface area contributed by atoms with Crippen LogP contribution in [0.15, 0.2) is 24.4 Å². The van der Waals surface area contributed by atoms with E-state index in [-0.39, 0.29) is 5.69 Å². The number of methoxy groups -OCH3 is 1. The summed E-state index contributed by atoms with van der Waals surface area (Å²) in [6, 6.07) is 5.05. The SMILES string of the molecule is COc1cccnc1-c1cc(C(N)=O)[nH]n1. The number of nitrogens with zero attached hydrogens (tertiary/aromatic N) is 2. The molecule has 1 amide bonds. The number of nitrogens with one attached hydrogen (secondary N) is 1. The van der Waals surface area contributed by atoms with Gasteiger partial charge >= 0.3 is 0 Å². The molecule has 2 heterocycles. The van der Waals surface area contributed by atoms with Crippen LogP contribution in [0.5, 0.6) is 5.75 Å². The quantitative estimate of drug-likeness (QED) is 0.787. The highest BCUT2D eigenvalue weighted by atomic mass is 16.5. The Kier molecular flexibility index (Phi) is 2.55. The van der Waals surface area contributed by atoms with Gasteiger partial charge in [0.1, 0.15) is 22.8 Å². The van der Waals surface area contributed by atoms with Crippen LogP contribution in [0.4, 0.5) is 0 Å². The van der Waals surface area contributed by atoms with Crippen molar-refractivity contribution in [3.8, 4) is 17.1 Å². The molecule has 0 aliphatic heterocycles. The van der Waals surface area contributed by atoms with Crippen molar-refractivity contribution in [3.05, 3.63) is 30.1 Å². The van der Waals surface area contributed by atoms with Crippen molar-refractivity contribution >= 4 is 5.91 Å². The predicted molar refractivity (Wildman–Crippen MR) is 56.9 cm³/mol. The molecule has 6 nitrogen and oxygen atoms in total. The monoisotopic (exact) mass is 218 g/mol. The molecule has 3 N–H and O–H groups in total. The summed E-state index contributed by atoms with van der Waals surface area (Å²) in [6.45, 7) is 0. The third kappa shape index (κ3) is 1.72. The number of aromatic amines is 1. The van der Waals surface area contributed by atoms with Gasteiger partial charge in [-0.25, -0.2) is 0 Å². The first-order valence-electron chi connectivity index (χ1n) is 4.57. The number of ether oxygens (including phenoxy) is 1. The Morgan fingerprint density at radius 2 is 2.38 bits per heavy atom. The lowest BCUT2D eigenvalue weighted by atomic mass is 10.2. The van der Waals surface area contributed by atoms with Crippen LogP contribution in [0, 0.1) is 0 Å². The van der Waals surface area contributed by atoms with Crippen LogP contribution in [0.2, 0.25) is 0 Å². The third-order valence-corrected chi connectivity index (χ3v) is 2.08. The minimum absolute atomic E-state index is 0.239. The molecule has 2 aromatic heterocycles. The fourth-order valence-corrected chi connectivity index (χ4v) is 1.32. The number of nitrogens with two attached hydrogens (primary N) is 1. The largest absolute Gasteiger partial charge is 0.494 e. The molecule has 0 aromatic carbocycles. The van der Waals surface area contributed by atoms with Crippen LogP contribution in [-0.2, 0) is 0 Å². The highest BCUT2D eigenvalue weighted by molar-refractivity contribution is 5.91. The number of aromatic nitrogens is 3. The van der Waals surface area contributed by atoms with Crippen LogP contribution in [0.3, 0.4) is 0 Å². The number of hydrogen-bond donors (Lipinski definition) is 2. The van der Waals surface area contributed by atoms with E-state index in [0.29, 0.717) is 17.1 Å². The van der Waals surface area contributed by atoms with Crippen LogP contribution < -0.4 is 10.5 Å². The van der Waals surface area contributed by atoms with Gasteiger partial charge in [0.15, 0.2) is 0 Å². The highest BCUT2D eigenvalue weighted by Crippen LogP contribution is 2.25. The number of hydrogen-bond acceptors (Lipinski definition) is 4. The molecule has 0 spiro atoms. The molecule has 0 atom stereocenters. The van der Waals surface area contributed by atoms with Crippen molar-refractivity contribution in [3.63, 3.8) is 0 Å². The van der Waals surface area contributed by atoms with Crippen molar-refractivity contribution in [2.45, 2.75) is 0 Å². The highest BCUT2D eigenvalue weighted by Gasteiger charge is 2.12. The molecule has 82 valence electrons. The number of amides is 1. The van der Waals surface area contributed by atoms with Gasteiger partial charge in [-0.2, -0.15) is 5.10 Å². The maximum absolute atomic E-state index is 10.9. The smallest absolute Gasteiger partial charge is 0.266 e. The second-order valence-corrected chi connectivity index (χ2v) is 3.09. The summed E-state index contributed by atoms with van der Waals surface area (Å²) in [6.07, 6.45) is 1.62. The lowest BCUT2D eigenvalue weighted by Crippen LogP contribution is -2.10. The lowest BCUT2D eigenvalue weighted by molar-refractivity contribution is 0.0995. The number of primary amides is 1. The maximum atomic E-state index is 10.9. The van der Waals surface area contributed by atoms with Crippen molar-refractivity contribution in [1.82, 2.24) is 15.2 Å². The zero-order valence-electron chi connectivity index (χ0n) is 8.60. The molecule has 0 aliphatic rings. The van der Waals surface area contributed by atoms with E-state index >= 15 is 0 Å². The first-order chi connectivity index (χ1) is 7.72. The Morgan fingerprint density at radius 1 is 1.56 bits per heavy atom. The molecule has 2 aromatic rings. The third-order valence-electron chi connectivity index (χ3n) is 2.08. The molecule has 0 bridgehead atoms. The van der Waals surface area contributed by atoms with Crippen LogP contribution in [0.25, 0.3) is 11.4 Å². The average molecular weight is 218 g/mol. The zero-order chi connectivity index (χ0) is 11.5. The second-order valence-electron chi connectivity index (χ2n) is 3.09. The normalized spacial score (nSPS) is 10.1. The van der Waals surface area contributed by atoms with Crippen LogP contribution >= 0.6 is 0 Å². The van der Waals surface area contributed by atoms with E-state index in [0.717, 1.165) is 0 Å². The Hall–Kier alpha value is -2.37. The second kappa shape index (κ2) is 4.01. The topological polar surface area (TPSA) is 93.9 Å². The van der Waals surface area contributed by atoms with Gasteiger partial charge in [-0.05, 0) is 18.2 Å². The van der Waals surface area contributed by atoms with E-state index in [1.54, 1.807) is 25.4 Å². The van der Waals surface area contributed by atoms with Gasteiger partial charge in [0.25, 0.3) is 5.91 Å². The molecule has 6 heteroatoms. The predicted octanol–water partition coefficient (Wildman–Crippen LogP) is 0.579. The number of carbonyl (C=O) groups excluding carboxylic acids is 1. The first kappa shape index (κ1) is 10.2. The van der Waals surface area contributed by atoms with Crippen LogP contribution in [0.1, 0.15) is 10.5 Å². The molecule has 2 rings (SSSR count). The molecule has 0 fully saturated rings. The molecular formula is C10H10N4O2. The Balaban J connectivity index is 2.46. The van der Waals surface area contributed by atoms with Gasteiger partial charge in [0.2, 0.25) is 0 Å². The van der Waals surface area contributed by atoms with Gasteiger partial charge in [0, 0.05) is 6.20 Å². The molecule has 0 saturated carbocycles. The summed E-state index contributed by atoms with van der Waals surface area (Å²) in [5, 5.41) is 6.48. The first-order valence-corrected chi connectivity index (χ1v) is 4.57. The summed E-state index contributed by atoms with van der Waals surface area (Å²) in [5.74, 6) is 0.0265. The van der Waals surface area contributed by atoms with Gasteiger partial charge in [-0.3, -0.25) is 14.9 Å². The molecule has 0 saturated heterocycles. The van der Waals surface area contributed by atoms with Gasteiger partial charge in [-0.15, -0.1) is 0 Å². The molecular weight excluding hydrogens is 208 g/mol. The lowest BCUT2D eigenvalue weighted by Gasteiger charge is -2.03. The summed E-state index contributed by atoms with van der Waals surface area (Å²) in [5.41, 5.74) is 6.44. The molecule has 0 radical (unpaired) electrons. The van der Waals surface area contributed by atoms with Gasteiger partial charge in [0.05, 0.1) is 7.11 Å². The minimum Gasteiger partial charge on any atom is -0.494 e. The summed E-state index contributed by atoms with van der Waals surface area (Å²) in [4.78, 5) is 15.0. The Morgan fingerprint density at radius 3 is 3.00 bits per heavy atom. The summed E-state index contributed by atoms with van der Waals surface area (Å²) >= 11 is 0. The number of pyridine rings is 1. The van der Waals surface area contributed by atoms with E-state index in [2.05, 4.69) is 15.2 Å². The maximum Gasteiger partial charge on any atom is 0.266 e. The van der Waals surface area contributed by atoms with Crippen molar-refractivity contribution < 1.29 is 9.53 Å². The van der Waals surface area contributed by atoms with Gasteiger partial charge in [-0.1, -0.05) is 0 Å². The minimum atomic E-state index is -0.561. The molecule has 0 aliphatic carbocycles. The van der Waals surface area contributed by atoms with E-state index in [1.807, 2.05) is 0 Å². The fourth-order valence-electron chi connectivity index (χ4n) is 1.32. The van der Waals surface area contributed by atoms with E-state index in [9.17, 15) is 4.79 Å². The Bertz CT molecular complexity index is 521. The number of H-pyrrole nitrogens is 1. The molecule has 16 heavy (non-hydrogen) atoms. The van der Waals surface area contributed by atoms with E-state index in [1.165, 1.54) is 6.07 Å². The van der Waals surface area contributed by atoms with Crippen LogP contribution in [-0.4, -0.2) is 28.2 Å². The van der Waals surface area contributed by atoms with E-state index < -0.39 is 5.91 Å². The van der Waals surface area contributed by atoms with Crippen molar-refractivity contribution in [2.75, 3.05) is 7.11 Å². The van der Waals surface area contributed by atoms with Gasteiger partial charge < -0.3 is 10.5 Å². The summed E-state index contributed by atoms with van der Waals surface area (Å²) < 4.78 is 5.14. The number of carbonyl (C=O) groups is 1.